The van der Waals surface area contributed by atoms with Crippen LogP contribution < -0.4 is 5.32 Å². The maximum Gasteiger partial charge on any atom is 0.258 e. The highest BCUT2D eigenvalue weighted by atomic mass is 16.5. The summed E-state index contributed by atoms with van der Waals surface area (Å²) < 4.78 is 5.28. The van der Waals surface area contributed by atoms with Gasteiger partial charge in [0.25, 0.3) is 5.91 Å². The van der Waals surface area contributed by atoms with Crippen molar-refractivity contribution in [3.63, 3.8) is 0 Å². The number of amides is 1. The van der Waals surface area contributed by atoms with E-state index in [1.54, 1.807) is 31.2 Å². The molecule has 0 saturated carbocycles. The highest BCUT2D eigenvalue weighted by Gasteiger charge is 2.19. The number of rotatable bonds is 5. The Labute approximate surface area is 124 Å². The van der Waals surface area contributed by atoms with Crippen molar-refractivity contribution in [3.05, 3.63) is 65.7 Å². The topological polar surface area (TPSA) is 58.6 Å². The van der Waals surface area contributed by atoms with E-state index < -0.39 is 12.2 Å². The molecule has 2 aromatic rings. The second kappa shape index (κ2) is 7.02. The van der Waals surface area contributed by atoms with Crippen LogP contribution in [0.25, 0.3) is 0 Å². The number of hydrogen-bond donors (Lipinski definition) is 2. The summed E-state index contributed by atoms with van der Waals surface area (Å²) in [6.45, 7) is 1.70. The van der Waals surface area contributed by atoms with Crippen LogP contribution in [0.2, 0.25) is 0 Å². The SMILES string of the molecule is COC(C(=O)Nc1ccc(C(C)O)cc1)c1ccccc1. The van der Waals surface area contributed by atoms with Gasteiger partial charge in [0.15, 0.2) is 6.10 Å². The molecule has 0 spiro atoms. The van der Waals surface area contributed by atoms with Crippen LogP contribution in [0.3, 0.4) is 0 Å². The normalized spacial score (nSPS) is 13.5. The van der Waals surface area contributed by atoms with E-state index in [0.29, 0.717) is 5.69 Å². The molecule has 4 heteroatoms. The molecule has 2 N–H and O–H groups in total. The van der Waals surface area contributed by atoms with E-state index >= 15 is 0 Å². The zero-order valence-corrected chi connectivity index (χ0v) is 12.1. The average Bonchev–Trinajstić information content (AvgIpc) is 2.49. The van der Waals surface area contributed by atoms with E-state index in [-0.39, 0.29) is 5.91 Å². The first kappa shape index (κ1) is 15.2. The van der Waals surface area contributed by atoms with Crippen LogP contribution in [-0.2, 0) is 9.53 Å². The van der Waals surface area contributed by atoms with Crippen molar-refractivity contribution in [2.75, 3.05) is 12.4 Å². The van der Waals surface area contributed by atoms with Gasteiger partial charge in [-0.25, -0.2) is 0 Å². The van der Waals surface area contributed by atoms with Crippen LogP contribution in [0.1, 0.15) is 30.3 Å². The molecule has 1 amide bonds. The molecule has 0 aliphatic carbocycles. The highest BCUT2D eigenvalue weighted by Crippen LogP contribution is 2.20. The first-order valence-corrected chi connectivity index (χ1v) is 6.78. The number of anilines is 1. The summed E-state index contributed by atoms with van der Waals surface area (Å²) in [5.41, 5.74) is 2.28. The first-order chi connectivity index (χ1) is 10.1. The van der Waals surface area contributed by atoms with Crippen LogP contribution in [-0.4, -0.2) is 18.1 Å². The van der Waals surface area contributed by atoms with Crippen molar-refractivity contribution in [2.45, 2.75) is 19.1 Å². The molecular formula is C17H19NO3. The second-order valence-corrected chi connectivity index (χ2v) is 4.81. The lowest BCUT2D eigenvalue weighted by Crippen LogP contribution is -2.22. The van der Waals surface area contributed by atoms with Crippen molar-refractivity contribution in [3.8, 4) is 0 Å². The molecule has 0 fully saturated rings. The van der Waals surface area contributed by atoms with Crippen LogP contribution in [0.15, 0.2) is 54.6 Å². The fourth-order valence-corrected chi connectivity index (χ4v) is 2.08. The molecule has 4 nitrogen and oxygen atoms in total. The van der Waals surface area contributed by atoms with Crippen molar-refractivity contribution in [1.82, 2.24) is 0 Å². The third-order valence-corrected chi connectivity index (χ3v) is 3.24. The number of methoxy groups -OCH3 is 1. The molecule has 0 aliphatic heterocycles. The Kier molecular flexibility index (Phi) is 5.09. The predicted octanol–water partition coefficient (Wildman–Crippen LogP) is 3.07. The van der Waals surface area contributed by atoms with E-state index in [1.165, 1.54) is 7.11 Å². The maximum absolute atomic E-state index is 12.3. The molecule has 0 aromatic heterocycles. The van der Waals surface area contributed by atoms with Gasteiger partial charge in [0.1, 0.15) is 0 Å². The number of hydrogen-bond acceptors (Lipinski definition) is 3. The van der Waals surface area contributed by atoms with Crippen molar-refractivity contribution < 1.29 is 14.6 Å². The fourth-order valence-electron chi connectivity index (χ4n) is 2.08. The third-order valence-electron chi connectivity index (χ3n) is 3.24. The van der Waals surface area contributed by atoms with Crippen molar-refractivity contribution >= 4 is 11.6 Å². The second-order valence-electron chi connectivity index (χ2n) is 4.81. The van der Waals surface area contributed by atoms with Crippen LogP contribution >= 0.6 is 0 Å². The van der Waals surface area contributed by atoms with Crippen LogP contribution in [0.4, 0.5) is 5.69 Å². The van der Waals surface area contributed by atoms with Gasteiger partial charge in [-0.1, -0.05) is 42.5 Å². The Hall–Kier alpha value is -2.17. The van der Waals surface area contributed by atoms with Crippen molar-refractivity contribution in [2.24, 2.45) is 0 Å². The van der Waals surface area contributed by atoms with Crippen LogP contribution in [0, 0.1) is 0 Å². The van der Waals surface area contributed by atoms with E-state index in [9.17, 15) is 9.90 Å². The minimum Gasteiger partial charge on any atom is -0.389 e. The van der Waals surface area contributed by atoms with Gasteiger partial charge < -0.3 is 15.2 Å². The van der Waals surface area contributed by atoms with E-state index in [2.05, 4.69) is 5.32 Å². The van der Waals surface area contributed by atoms with Crippen molar-refractivity contribution in [1.29, 1.82) is 0 Å². The average molecular weight is 285 g/mol. The Morgan fingerprint density at radius 2 is 1.67 bits per heavy atom. The number of aliphatic hydroxyl groups is 1. The predicted molar refractivity (Wildman–Crippen MR) is 81.9 cm³/mol. The van der Waals surface area contributed by atoms with Gasteiger partial charge >= 0.3 is 0 Å². The number of ether oxygens (including phenoxy) is 1. The van der Waals surface area contributed by atoms with E-state index in [1.807, 2.05) is 30.3 Å². The number of carbonyl (C=O) groups excluding carboxylic acids is 1. The Balaban J connectivity index is 2.09. The van der Waals surface area contributed by atoms with E-state index in [4.69, 9.17) is 4.74 Å². The number of aliphatic hydroxyl groups excluding tert-OH is 1. The zero-order valence-electron chi connectivity index (χ0n) is 12.1. The fraction of sp³-hybridized carbons (Fsp3) is 0.235. The number of carbonyl (C=O) groups is 1. The maximum atomic E-state index is 12.3. The summed E-state index contributed by atoms with van der Waals surface area (Å²) in [6.07, 6.45) is -1.17. The van der Waals surface area contributed by atoms with Crippen LogP contribution in [0.5, 0.6) is 0 Å². The summed E-state index contributed by atoms with van der Waals surface area (Å²) in [5, 5.41) is 12.3. The van der Waals surface area contributed by atoms with Gasteiger partial charge in [0.2, 0.25) is 0 Å². The number of benzene rings is 2. The summed E-state index contributed by atoms with van der Waals surface area (Å²) in [4.78, 5) is 12.3. The quantitative estimate of drug-likeness (QED) is 0.887. The lowest BCUT2D eigenvalue weighted by atomic mass is 10.1. The summed E-state index contributed by atoms with van der Waals surface area (Å²) >= 11 is 0. The third kappa shape index (κ3) is 3.90. The van der Waals surface area contributed by atoms with Gasteiger partial charge in [-0.2, -0.15) is 0 Å². The standard InChI is InChI=1S/C17H19NO3/c1-12(19)13-8-10-15(11-9-13)18-17(20)16(21-2)14-6-4-3-5-7-14/h3-12,16,19H,1-2H3,(H,18,20). The summed E-state index contributed by atoms with van der Waals surface area (Å²) in [7, 11) is 1.51. The highest BCUT2D eigenvalue weighted by molar-refractivity contribution is 5.94. The van der Waals surface area contributed by atoms with Gasteiger partial charge in [0, 0.05) is 12.8 Å². The monoisotopic (exact) mass is 285 g/mol. The van der Waals surface area contributed by atoms with Gasteiger partial charge in [0.05, 0.1) is 6.10 Å². The lowest BCUT2D eigenvalue weighted by molar-refractivity contribution is -0.126. The molecule has 110 valence electrons. The molecule has 2 rings (SSSR count). The molecule has 2 aromatic carbocycles. The first-order valence-electron chi connectivity index (χ1n) is 6.78. The Morgan fingerprint density at radius 1 is 1.05 bits per heavy atom. The van der Waals surface area contributed by atoms with Gasteiger partial charge in [-0.05, 0) is 30.2 Å². The largest absolute Gasteiger partial charge is 0.389 e. The molecule has 0 bridgehead atoms. The lowest BCUT2D eigenvalue weighted by Gasteiger charge is -2.16. The van der Waals surface area contributed by atoms with Gasteiger partial charge in [-0.3, -0.25) is 4.79 Å². The zero-order chi connectivity index (χ0) is 15.2. The molecule has 0 heterocycles. The minimum absolute atomic E-state index is 0.228. The molecular weight excluding hydrogens is 266 g/mol. The summed E-state index contributed by atoms with van der Waals surface area (Å²) in [6, 6.07) is 16.4. The molecule has 0 saturated heterocycles. The molecule has 21 heavy (non-hydrogen) atoms. The molecule has 0 aliphatic rings. The summed E-state index contributed by atoms with van der Waals surface area (Å²) in [5.74, 6) is -0.228. The Bertz CT molecular complexity index is 579. The number of nitrogens with one attached hydrogen (secondary N) is 1. The minimum atomic E-state index is -0.650. The molecule has 2 unspecified atom stereocenters. The van der Waals surface area contributed by atoms with Gasteiger partial charge in [-0.15, -0.1) is 0 Å². The van der Waals surface area contributed by atoms with E-state index in [0.717, 1.165) is 11.1 Å². The molecule has 0 radical (unpaired) electrons. The smallest absolute Gasteiger partial charge is 0.258 e. The Morgan fingerprint density at radius 3 is 2.19 bits per heavy atom. The molecule has 2 atom stereocenters.